The number of hydrogen-bond donors (Lipinski definition) is 2. The van der Waals surface area contributed by atoms with Crippen molar-refractivity contribution in [2.24, 2.45) is 0 Å². The van der Waals surface area contributed by atoms with E-state index in [-0.39, 0.29) is 41.0 Å². The first-order chi connectivity index (χ1) is 22.8. The van der Waals surface area contributed by atoms with Crippen LogP contribution in [0.1, 0.15) is 31.2 Å². The van der Waals surface area contributed by atoms with Crippen LogP contribution in [0.4, 0.5) is 11.6 Å². The normalized spacial score (nSPS) is 16.6. The highest BCUT2D eigenvalue weighted by molar-refractivity contribution is 6.42. The minimum absolute atomic E-state index is 0.00125. The van der Waals surface area contributed by atoms with Crippen LogP contribution >= 0.6 is 23.2 Å². The maximum Gasteiger partial charge on any atom is 0.336 e. The molecule has 0 saturated carbocycles. The standard InChI is InChI=1S/C30H35Cl2N9O6/c1-4-47-30(43)27-21(36-18(2)25(29(42)44-3)26(27)19-6-5-7-20(31)28(19)32)15-46-16-23-37-39-41(38-23)9-8-33-22-14-24(35-17-34-22)40-10-12-45-13-11-40/h5-7,14,17,26,36H,4,8-13,15-16H2,1-3H3,(H,33,34,35). The van der Waals surface area contributed by atoms with Gasteiger partial charge in [0.1, 0.15) is 24.6 Å². The number of anilines is 2. The highest BCUT2D eigenvalue weighted by Crippen LogP contribution is 2.43. The lowest BCUT2D eigenvalue weighted by molar-refractivity contribution is -0.139. The maximum atomic E-state index is 13.4. The molecule has 2 aromatic heterocycles. The molecule has 1 aromatic carbocycles. The van der Waals surface area contributed by atoms with Crippen molar-refractivity contribution < 1.29 is 28.5 Å². The summed E-state index contributed by atoms with van der Waals surface area (Å²) in [6, 6.07) is 6.90. The predicted octanol–water partition coefficient (Wildman–Crippen LogP) is 2.89. The number of morpholine rings is 1. The van der Waals surface area contributed by atoms with Gasteiger partial charge in [-0.25, -0.2) is 19.6 Å². The average molecular weight is 689 g/mol. The van der Waals surface area contributed by atoms with Crippen LogP contribution in [0.2, 0.25) is 10.0 Å². The van der Waals surface area contributed by atoms with Gasteiger partial charge in [-0.3, -0.25) is 0 Å². The SMILES string of the molecule is CCOC(=O)C1=C(COCc2nnn(CCNc3cc(N4CCOCC4)ncn3)n2)NC(C)=C(C(=O)OC)C1c1cccc(Cl)c1Cl. The number of esters is 2. The zero-order valence-corrected chi connectivity index (χ0v) is 27.7. The van der Waals surface area contributed by atoms with E-state index in [1.54, 1.807) is 32.0 Å². The molecule has 0 aliphatic carbocycles. The molecule has 0 amide bonds. The number of dihydropyridines is 1. The van der Waals surface area contributed by atoms with Crippen molar-refractivity contribution in [3.8, 4) is 0 Å². The molecule has 4 heterocycles. The second kappa shape index (κ2) is 16.0. The van der Waals surface area contributed by atoms with Crippen molar-refractivity contribution in [3.63, 3.8) is 0 Å². The van der Waals surface area contributed by atoms with E-state index in [9.17, 15) is 9.59 Å². The fourth-order valence-electron chi connectivity index (χ4n) is 5.26. The van der Waals surface area contributed by atoms with E-state index in [2.05, 4.69) is 40.9 Å². The second-order valence-electron chi connectivity index (χ2n) is 10.4. The van der Waals surface area contributed by atoms with Gasteiger partial charge in [0.25, 0.3) is 0 Å². The van der Waals surface area contributed by atoms with Gasteiger partial charge in [0.05, 0.1) is 72.9 Å². The van der Waals surface area contributed by atoms with Crippen LogP contribution in [-0.2, 0) is 41.7 Å². The van der Waals surface area contributed by atoms with Crippen LogP contribution in [0.25, 0.3) is 0 Å². The van der Waals surface area contributed by atoms with Gasteiger partial charge in [0.15, 0.2) is 5.82 Å². The van der Waals surface area contributed by atoms with Gasteiger partial charge < -0.3 is 34.5 Å². The number of methoxy groups -OCH3 is 1. The van der Waals surface area contributed by atoms with Gasteiger partial charge in [-0.15, -0.1) is 10.2 Å². The molecule has 1 unspecified atom stereocenters. The number of carbonyl (C=O) groups is 2. The lowest BCUT2D eigenvalue weighted by Crippen LogP contribution is -2.36. The molecular weight excluding hydrogens is 653 g/mol. The summed E-state index contributed by atoms with van der Waals surface area (Å²) >= 11 is 12.9. The summed E-state index contributed by atoms with van der Waals surface area (Å²) in [4.78, 5) is 38.6. The van der Waals surface area contributed by atoms with E-state index in [0.717, 1.165) is 18.9 Å². The molecule has 17 heteroatoms. The van der Waals surface area contributed by atoms with Crippen molar-refractivity contribution in [1.29, 1.82) is 0 Å². The molecule has 1 atom stereocenters. The van der Waals surface area contributed by atoms with E-state index in [4.69, 9.17) is 42.1 Å². The maximum absolute atomic E-state index is 13.4. The molecule has 2 aliphatic heterocycles. The van der Waals surface area contributed by atoms with E-state index in [1.807, 2.05) is 6.07 Å². The smallest absolute Gasteiger partial charge is 0.336 e. The predicted molar refractivity (Wildman–Crippen MR) is 172 cm³/mol. The topological polar surface area (TPSA) is 168 Å². The third-order valence-corrected chi connectivity index (χ3v) is 8.25. The monoisotopic (exact) mass is 687 g/mol. The minimum Gasteiger partial charge on any atom is -0.466 e. The number of nitrogens with one attached hydrogen (secondary N) is 2. The van der Waals surface area contributed by atoms with Crippen LogP contribution in [-0.4, -0.2) is 95.3 Å². The first-order valence-corrected chi connectivity index (χ1v) is 15.7. The summed E-state index contributed by atoms with van der Waals surface area (Å²) in [6.45, 7) is 7.25. The Morgan fingerprint density at radius 1 is 1.13 bits per heavy atom. The Kier molecular flexibility index (Phi) is 11.6. The number of rotatable bonds is 13. The minimum atomic E-state index is -0.932. The van der Waals surface area contributed by atoms with Crippen molar-refractivity contribution in [3.05, 3.63) is 74.6 Å². The number of hydrogen-bond acceptors (Lipinski definition) is 14. The number of carbonyl (C=O) groups excluding carboxylic acids is 2. The summed E-state index contributed by atoms with van der Waals surface area (Å²) < 4.78 is 21.8. The van der Waals surface area contributed by atoms with Crippen LogP contribution in [0.15, 0.2) is 53.1 Å². The van der Waals surface area contributed by atoms with Crippen LogP contribution in [0.3, 0.4) is 0 Å². The fraction of sp³-hybridized carbons (Fsp3) is 0.433. The summed E-state index contributed by atoms with van der Waals surface area (Å²) in [5.41, 5.74) is 1.63. The second-order valence-corrected chi connectivity index (χ2v) is 11.2. The first-order valence-electron chi connectivity index (χ1n) is 14.9. The highest BCUT2D eigenvalue weighted by atomic mass is 35.5. The Balaban J connectivity index is 1.26. The fourth-order valence-corrected chi connectivity index (χ4v) is 5.68. The third-order valence-electron chi connectivity index (χ3n) is 7.42. The van der Waals surface area contributed by atoms with E-state index >= 15 is 0 Å². The molecule has 1 fully saturated rings. The Labute approximate surface area is 281 Å². The lowest BCUT2D eigenvalue weighted by atomic mass is 9.80. The number of allylic oxidation sites excluding steroid dienone is 1. The molecule has 2 N–H and O–H groups in total. The Bertz CT molecular complexity index is 1660. The zero-order chi connectivity index (χ0) is 33.3. The molecule has 5 rings (SSSR count). The van der Waals surface area contributed by atoms with Crippen molar-refractivity contribution in [2.75, 3.05) is 63.4 Å². The van der Waals surface area contributed by atoms with Crippen LogP contribution in [0.5, 0.6) is 0 Å². The van der Waals surface area contributed by atoms with E-state index in [1.165, 1.54) is 18.2 Å². The van der Waals surface area contributed by atoms with E-state index in [0.29, 0.717) is 54.9 Å². The molecule has 1 saturated heterocycles. The summed E-state index contributed by atoms with van der Waals surface area (Å²) in [5.74, 6) is -0.345. The number of tetrazole rings is 1. The number of nitrogens with zero attached hydrogens (tertiary/aromatic N) is 7. The molecule has 2 aliphatic rings. The van der Waals surface area contributed by atoms with Gasteiger partial charge in [0, 0.05) is 31.4 Å². The Hall–Kier alpha value is -4.31. The highest BCUT2D eigenvalue weighted by Gasteiger charge is 2.40. The molecule has 0 bridgehead atoms. The average Bonchev–Trinajstić information content (AvgIpc) is 3.53. The molecule has 0 radical (unpaired) electrons. The summed E-state index contributed by atoms with van der Waals surface area (Å²) in [6.07, 6.45) is 1.53. The van der Waals surface area contributed by atoms with Crippen LogP contribution in [0, 0.1) is 0 Å². The van der Waals surface area contributed by atoms with Gasteiger partial charge in [-0.1, -0.05) is 35.3 Å². The lowest BCUT2D eigenvalue weighted by Gasteiger charge is -2.31. The molecule has 3 aromatic rings. The van der Waals surface area contributed by atoms with Crippen molar-refractivity contribution in [1.82, 2.24) is 35.5 Å². The van der Waals surface area contributed by atoms with Gasteiger partial charge in [-0.05, 0) is 30.7 Å². The largest absolute Gasteiger partial charge is 0.466 e. The molecular formula is C30H35Cl2N9O6. The van der Waals surface area contributed by atoms with Gasteiger partial charge in [-0.2, -0.15) is 4.80 Å². The number of aromatic nitrogens is 6. The van der Waals surface area contributed by atoms with Gasteiger partial charge in [0.2, 0.25) is 0 Å². The number of halogens is 2. The third kappa shape index (κ3) is 8.16. The first kappa shape index (κ1) is 34.0. The Morgan fingerprint density at radius 2 is 1.94 bits per heavy atom. The molecule has 15 nitrogen and oxygen atoms in total. The molecule has 250 valence electrons. The zero-order valence-electron chi connectivity index (χ0n) is 26.2. The quantitative estimate of drug-likeness (QED) is 0.252. The van der Waals surface area contributed by atoms with E-state index < -0.39 is 17.9 Å². The number of benzene rings is 1. The number of ether oxygens (including phenoxy) is 4. The molecule has 0 spiro atoms. The van der Waals surface area contributed by atoms with Crippen molar-refractivity contribution in [2.45, 2.75) is 32.9 Å². The molecule has 47 heavy (non-hydrogen) atoms. The summed E-state index contributed by atoms with van der Waals surface area (Å²) in [7, 11) is 1.26. The Morgan fingerprint density at radius 3 is 2.70 bits per heavy atom. The van der Waals surface area contributed by atoms with Crippen LogP contribution < -0.4 is 15.5 Å². The van der Waals surface area contributed by atoms with Crippen molar-refractivity contribution >= 4 is 46.8 Å². The van der Waals surface area contributed by atoms with Gasteiger partial charge >= 0.3 is 11.9 Å². The summed E-state index contributed by atoms with van der Waals surface area (Å²) in [5, 5.41) is 19.4.